The molecule has 0 bridgehead atoms. The Bertz CT molecular complexity index is 1470. The number of carbonyl (C=O) groups is 2. The van der Waals surface area contributed by atoms with Gasteiger partial charge in [0.05, 0.1) is 12.4 Å². The predicted octanol–water partition coefficient (Wildman–Crippen LogP) is 6.90. The molecule has 0 radical (unpaired) electrons. The Labute approximate surface area is 266 Å². The number of ether oxygens (including phenoxy) is 1. The fourth-order valence-electron chi connectivity index (χ4n) is 6.57. The van der Waals surface area contributed by atoms with Crippen LogP contribution >= 0.6 is 0 Å². The number of hydrogen-bond donors (Lipinski definition) is 1. The minimum atomic E-state index is -0.673. The van der Waals surface area contributed by atoms with Gasteiger partial charge in [-0.3, -0.25) is 9.59 Å². The second kappa shape index (κ2) is 14.3. The summed E-state index contributed by atoms with van der Waals surface area (Å²) in [6.45, 7) is 7.65. The Morgan fingerprint density at radius 3 is 2.18 bits per heavy atom. The van der Waals surface area contributed by atoms with Crippen LogP contribution in [0.2, 0.25) is 0 Å². The quantitative estimate of drug-likeness (QED) is 0.260. The van der Waals surface area contributed by atoms with E-state index in [1.165, 1.54) is 67.8 Å². The summed E-state index contributed by atoms with van der Waals surface area (Å²) in [5, 5.41) is 0. The summed E-state index contributed by atoms with van der Waals surface area (Å²) in [6.07, 6.45) is 19.4. The van der Waals surface area contributed by atoms with Crippen molar-refractivity contribution in [2.75, 3.05) is 12.3 Å². The van der Waals surface area contributed by atoms with E-state index in [4.69, 9.17) is 10.5 Å². The molecule has 0 aliphatic heterocycles. The SMILES string of the molecule is CC[C@H]1CC[C@H](C2CC=C(c3cnc(-c4ccc(CN(CC(=O)OC(C)(C)C)C(=O)c5cnc(N)cn5)cc4)nc3)CC2)CC1. The van der Waals surface area contributed by atoms with Gasteiger partial charge in [-0.2, -0.15) is 0 Å². The maximum Gasteiger partial charge on any atom is 0.326 e. The summed E-state index contributed by atoms with van der Waals surface area (Å²) in [6, 6.07) is 7.69. The molecule has 9 heteroatoms. The lowest BCUT2D eigenvalue weighted by atomic mass is 9.71. The Hall–Kier alpha value is -4.14. The Kier molecular flexibility index (Phi) is 10.3. The zero-order valence-electron chi connectivity index (χ0n) is 27.0. The summed E-state index contributed by atoms with van der Waals surface area (Å²) in [5.74, 6) is 2.56. The van der Waals surface area contributed by atoms with Crippen LogP contribution in [-0.2, 0) is 16.1 Å². The minimum absolute atomic E-state index is 0.0978. The molecule has 1 fully saturated rings. The van der Waals surface area contributed by atoms with Gasteiger partial charge in [0, 0.05) is 30.1 Å². The highest BCUT2D eigenvalue weighted by atomic mass is 16.6. The van der Waals surface area contributed by atoms with Gasteiger partial charge in [-0.05, 0) is 81.8 Å². The van der Waals surface area contributed by atoms with Gasteiger partial charge in [-0.15, -0.1) is 0 Å². The van der Waals surface area contributed by atoms with Crippen LogP contribution in [0.25, 0.3) is 17.0 Å². The Morgan fingerprint density at radius 2 is 1.60 bits per heavy atom. The summed E-state index contributed by atoms with van der Waals surface area (Å²) < 4.78 is 5.47. The van der Waals surface area contributed by atoms with Crippen molar-refractivity contribution in [1.82, 2.24) is 24.8 Å². The highest BCUT2D eigenvalue weighted by Gasteiger charge is 2.28. The zero-order valence-corrected chi connectivity index (χ0v) is 27.0. The van der Waals surface area contributed by atoms with E-state index in [-0.39, 0.29) is 24.6 Å². The largest absolute Gasteiger partial charge is 0.459 e. The molecule has 45 heavy (non-hydrogen) atoms. The third-order valence-electron chi connectivity index (χ3n) is 9.11. The molecule has 2 aliphatic carbocycles. The summed E-state index contributed by atoms with van der Waals surface area (Å²) in [7, 11) is 0. The van der Waals surface area contributed by atoms with Gasteiger partial charge in [-0.25, -0.2) is 19.9 Å². The molecular formula is C36H46N6O3. The molecule has 1 atom stereocenters. The lowest BCUT2D eigenvalue weighted by molar-refractivity contribution is -0.155. The van der Waals surface area contributed by atoms with Gasteiger partial charge < -0.3 is 15.4 Å². The number of hydrogen-bond acceptors (Lipinski definition) is 8. The Balaban J connectivity index is 1.22. The molecule has 3 aromatic rings. The van der Waals surface area contributed by atoms with Crippen LogP contribution in [-0.4, -0.2) is 48.9 Å². The first-order valence-corrected chi connectivity index (χ1v) is 16.3. The fourth-order valence-corrected chi connectivity index (χ4v) is 6.57. The van der Waals surface area contributed by atoms with Crippen LogP contribution in [0.1, 0.15) is 101 Å². The van der Waals surface area contributed by atoms with Crippen molar-refractivity contribution in [3.05, 3.63) is 71.9 Å². The molecule has 5 rings (SSSR count). The summed E-state index contributed by atoms with van der Waals surface area (Å²) >= 11 is 0. The van der Waals surface area contributed by atoms with Crippen LogP contribution in [0.4, 0.5) is 5.82 Å². The van der Waals surface area contributed by atoms with Crippen LogP contribution in [0.5, 0.6) is 0 Å². The fraction of sp³-hybridized carbons (Fsp3) is 0.500. The maximum absolute atomic E-state index is 13.3. The first kappa shape index (κ1) is 32.3. The maximum atomic E-state index is 13.3. The van der Waals surface area contributed by atoms with E-state index in [9.17, 15) is 9.59 Å². The second-order valence-corrected chi connectivity index (χ2v) is 13.5. The molecule has 238 valence electrons. The highest BCUT2D eigenvalue weighted by molar-refractivity contribution is 5.94. The van der Waals surface area contributed by atoms with Gasteiger partial charge in [-0.1, -0.05) is 56.5 Å². The predicted molar refractivity (Wildman–Crippen MR) is 176 cm³/mol. The monoisotopic (exact) mass is 610 g/mol. The first-order chi connectivity index (χ1) is 21.6. The zero-order chi connectivity index (χ0) is 32.0. The van der Waals surface area contributed by atoms with Crippen molar-refractivity contribution < 1.29 is 14.3 Å². The van der Waals surface area contributed by atoms with E-state index in [1.54, 1.807) is 20.8 Å². The lowest BCUT2D eigenvalue weighted by Gasteiger charge is -2.35. The molecule has 1 aromatic carbocycles. The number of aromatic nitrogens is 4. The normalized spacial score (nSPS) is 20.3. The number of allylic oxidation sites excluding steroid dienone is 2. The number of rotatable bonds is 9. The molecule has 1 unspecified atom stereocenters. The van der Waals surface area contributed by atoms with Crippen molar-refractivity contribution in [3.8, 4) is 11.4 Å². The molecule has 2 aromatic heterocycles. The molecule has 0 saturated heterocycles. The number of anilines is 1. The van der Waals surface area contributed by atoms with Crippen molar-refractivity contribution in [2.45, 2.75) is 91.2 Å². The van der Waals surface area contributed by atoms with E-state index >= 15 is 0 Å². The summed E-state index contributed by atoms with van der Waals surface area (Å²) in [4.78, 5) is 44.8. The lowest BCUT2D eigenvalue weighted by Crippen LogP contribution is -2.38. The Morgan fingerprint density at radius 1 is 0.889 bits per heavy atom. The van der Waals surface area contributed by atoms with Crippen molar-refractivity contribution in [1.29, 1.82) is 0 Å². The van der Waals surface area contributed by atoms with Gasteiger partial charge in [0.15, 0.2) is 5.82 Å². The molecule has 2 aliphatic rings. The van der Waals surface area contributed by atoms with Crippen LogP contribution in [0, 0.1) is 17.8 Å². The van der Waals surface area contributed by atoms with Crippen molar-refractivity contribution in [2.24, 2.45) is 17.8 Å². The average molecular weight is 611 g/mol. The van der Waals surface area contributed by atoms with Gasteiger partial charge >= 0.3 is 5.97 Å². The van der Waals surface area contributed by atoms with E-state index < -0.39 is 17.5 Å². The number of nitrogens with zero attached hydrogens (tertiary/aromatic N) is 5. The van der Waals surface area contributed by atoms with Gasteiger partial charge in [0.2, 0.25) is 0 Å². The van der Waals surface area contributed by atoms with Crippen molar-refractivity contribution in [3.63, 3.8) is 0 Å². The first-order valence-electron chi connectivity index (χ1n) is 16.3. The smallest absolute Gasteiger partial charge is 0.326 e. The summed E-state index contributed by atoms with van der Waals surface area (Å²) in [5.41, 5.74) is 9.23. The van der Waals surface area contributed by atoms with E-state index in [0.717, 1.165) is 40.9 Å². The molecule has 1 saturated carbocycles. The molecule has 0 spiro atoms. The standard InChI is InChI=1S/C36H46N6O3/c1-5-24-6-10-26(11-7-24)27-14-16-28(17-15-27)30-18-40-34(41-19-30)29-12-8-25(9-13-29)22-42(23-33(43)45-36(2,3)4)35(44)31-20-39-32(37)21-38-31/h8-9,12-13,16,18-21,24,26-27H,5-7,10-11,14-15,17,22-23H2,1-4H3,(H2,37,39)/t24-,26-,27?. The molecule has 2 heterocycles. The van der Waals surface area contributed by atoms with Crippen LogP contribution in [0.3, 0.4) is 0 Å². The third-order valence-corrected chi connectivity index (χ3v) is 9.11. The molecule has 9 nitrogen and oxygen atoms in total. The number of esters is 1. The topological polar surface area (TPSA) is 124 Å². The number of amides is 1. The number of carbonyl (C=O) groups excluding carboxylic acids is 2. The number of benzene rings is 1. The van der Waals surface area contributed by atoms with Crippen molar-refractivity contribution >= 4 is 23.3 Å². The van der Waals surface area contributed by atoms with E-state index in [1.807, 2.05) is 36.7 Å². The van der Waals surface area contributed by atoms with E-state index in [0.29, 0.717) is 5.82 Å². The van der Waals surface area contributed by atoms with Crippen LogP contribution in [0.15, 0.2) is 55.1 Å². The van der Waals surface area contributed by atoms with E-state index in [2.05, 4.69) is 32.9 Å². The number of nitrogens with two attached hydrogens (primary N) is 1. The number of nitrogen functional groups attached to an aromatic ring is 1. The molecule has 1 amide bonds. The average Bonchev–Trinajstić information content (AvgIpc) is 3.04. The van der Waals surface area contributed by atoms with Gasteiger partial charge in [0.1, 0.15) is 23.7 Å². The minimum Gasteiger partial charge on any atom is -0.459 e. The molecular weight excluding hydrogens is 564 g/mol. The second-order valence-electron chi connectivity index (χ2n) is 13.5. The third kappa shape index (κ3) is 8.74. The van der Waals surface area contributed by atoms with Crippen LogP contribution < -0.4 is 5.73 Å². The van der Waals surface area contributed by atoms with Gasteiger partial charge in [0.25, 0.3) is 5.91 Å². The highest BCUT2D eigenvalue weighted by Crippen LogP contribution is 2.41. The molecule has 2 N–H and O–H groups in total.